The number of nitrogens with zero attached hydrogens (tertiary/aromatic N) is 1. The maximum absolute atomic E-state index is 8.80. The standard InChI is InChI=1S/C21H29NO2/c1-22(14-8-3-9-16-23)15-17-24-21-13-7-6-12-20(21)18-19-10-4-2-5-11-19/h2,4-7,10-13,23H,3,8-9,14-18H2,1H3. The van der Waals surface area contributed by atoms with Crippen molar-refractivity contribution in [3.8, 4) is 5.75 Å². The van der Waals surface area contributed by atoms with Gasteiger partial charge in [-0.05, 0) is 50.0 Å². The number of rotatable bonds is 11. The van der Waals surface area contributed by atoms with E-state index in [1.54, 1.807) is 0 Å². The largest absolute Gasteiger partial charge is 0.492 e. The number of benzene rings is 2. The highest BCUT2D eigenvalue weighted by molar-refractivity contribution is 5.37. The number of aliphatic hydroxyl groups is 1. The highest BCUT2D eigenvalue weighted by atomic mass is 16.5. The first-order chi connectivity index (χ1) is 11.8. The van der Waals surface area contributed by atoms with E-state index in [2.05, 4.69) is 54.4 Å². The fraction of sp³-hybridized carbons (Fsp3) is 0.429. The maximum Gasteiger partial charge on any atom is 0.122 e. The van der Waals surface area contributed by atoms with Gasteiger partial charge >= 0.3 is 0 Å². The predicted octanol–water partition coefficient (Wildman–Crippen LogP) is 3.75. The van der Waals surface area contributed by atoms with Gasteiger partial charge in [0.25, 0.3) is 0 Å². The average Bonchev–Trinajstić information content (AvgIpc) is 2.61. The normalized spacial score (nSPS) is 11.0. The van der Waals surface area contributed by atoms with E-state index in [1.165, 1.54) is 11.1 Å². The van der Waals surface area contributed by atoms with Crippen LogP contribution >= 0.6 is 0 Å². The van der Waals surface area contributed by atoms with Crippen LogP contribution in [0.3, 0.4) is 0 Å². The van der Waals surface area contributed by atoms with E-state index in [0.717, 1.165) is 44.5 Å². The van der Waals surface area contributed by atoms with Gasteiger partial charge in [-0.1, -0.05) is 48.5 Å². The fourth-order valence-corrected chi connectivity index (χ4v) is 2.70. The second kappa shape index (κ2) is 10.8. The summed E-state index contributed by atoms with van der Waals surface area (Å²) in [5, 5.41) is 8.80. The lowest BCUT2D eigenvalue weighted by Crippen LogP contribution is -2.25. The summed E-state index contributed by atoms with van der Waals surface area (Å²) in [6.45, 7) is 2.96. The summed E-state index contributed by atoms with van der Waals surface area (Å²) in [7, 11) is 2.12. The fourth-order valence-electron chi connectivity index (χ4n) is 2.70. The molecule has 0 amide bonds. The van der Waals surface area contributed by atoms with Crippen molar-refractivity contribution in [2.45, 2.75) is 25.7 Å². The average molecular weight is 327 g/mol. The van der Waals surface area contributed by atoms with Gasteiger partial charge in [-0.25, -0.2) is 0 Å². The smallest absolute Gasteiger partial charge is 0.122 e. The van der Waals surface area contributed by atoms with E-state index in [-0.39, 0.29) is 0 Å². The SMILES string of the molecule is CN(CCCCCO)CCOc1ccccc1Cc1ccccc1. The summed E-state index contributed by atoms with van der Waals surface area (Å²) in [6.07, 6.45) is 4.01. The zero-order valence-electron chi connectivity index (χ0n) is 14.7. The molecule has 0 aliphatic heterocycles. The van der Waals surface area contributed by atoms with Crippen molar-refractivity contribution in [2.24, 2.45) is 0 Å². The summed E-state index contributed by atoms with van der Waals surface area (Å²) < 4.78 is 6.03. The number of aliphatic hydroxyl groups excluding tert-OH is 1. The summed E-state index contributed by atoms with van der Waals surface area (Å²) in [5.74, 6) is 0.982. The minimum absolute atomic E-state index is 0.297. The molecule has 0 saturated carbocycles. The lowest BCUT2D eigenvalue weighted by Gasteiger charge is -2.18. The van der Waals surface area contributed by atoms with Crippen molar-refractivity contribution >= 4 is 0 Å². The molecule has 0 aromatic heterocycles. The van der Waals surface area contributed by atoms with Crippen LogP contribution < -0.4 is 4.74 Å². The predicted molar refractivity (Wildman–Crippen MR) is 99.6 cm³/mol. The van der Waals surface area contributed by atoms with Crippen molar-refractivity contribution in [3.05, 3.63) is 65.7 Å². The number of hydrogen-bond acceptors (Lipinski definition) is 3. The molecule has 2 aromatic carbocycles. The van der Waals surface area contributed by atoms with Gasteiger partial charge in [-0.3, -0.25) is 0 Å². The molecule has 0 atom stereocenters. The molecule has 0 fully saturated rings. The molecule has 0 aliphatic carbocycles. The van der Waals surface area contributed by atoms with Crippen LogP contribution in [0.5, 0.6) is 5.75 Å². The van der Waals surface area contributed by atoms with Gasteiger partial charge in [0.2, 0.25) is 0 Å². The number of unbranched alkanes of at least 4 members (excludes halogenated alkanes) is 2. The third kappa shape index (κ3) is 6.73. The molecule has 0 radical (unpaired) electrons. The van der Waals surface area contributed by atoms with Gasteiger partial charge < -0.3 is 14.7 Å². The van der Waals surface area contributed by atoms with Crippen LogP contribution in [-0.2, 0) is 6.42 Å². The van der Waals surface area contributed by atoms with Crippen LogP contribution in [0.25, 0.3) is 0 Å². The Hall–Kier alpha value is -1.84. The van der Waals surface area contributed by atoms with Crippen LogP contribution in [0.4, 0.5) is 0 Å². The number of ether oxygens (including phenoxy) is 1. The summed E-state index contributed by atoms with van der Waals surface area (Å²) >= 11 is 0. The Morgan fingerprint density at radius 1 is 0.875 bits per heavy atom. The van der Waals surface area contributed by atoms with E-state index < -0.39 is 0 Å². The Balaban J connectivity index is 1.78. The summed E-state index contributed by atoms with van der Waals surface area (Å²) in [6, 6.07) is 18.8. The van der Waals surface area contributed by atoms with E-state index in [9.17, 15) is 0 Å². The van der Waals surface area contributed by atoms with Crippen molar-refractivity contribution in [3.63, 3.8) is 0 Å². The van der Waals surface area contributed by atoms with E-state index >= 15 is 0 Å². The minimum Gasteiger partial charge on any atom is -0.492 e. The zero-order chi connectivity index (χ0) is 17.0. The topological polar surface area (TPSA) is 32.7 Å². The van der Waals surface area contributed by atoms with Crippen LogP contribution in [0.15, 0.2) is 54.6 Å². The highest BCUT2D eigenvalue weighted by Gasteiger charge is 2.05. The number of para-hydroxylation sites is 1. The van der Waals surface area contributed by atoms with Crippen LogP contribution in [0.1, 0.15) is 30.4 Å². The molecule has 0 bridgehead atoms. The number of likely N-dealkylation sites (N-methyl/N-ethyl adjacent to an activating group) is 1. The first-order valence-corrected chi connectivity index (χ1v) is 8.83. The molecule has 130 valence electrons. The molecule has 2 rings (SSSR count). The Morgan fingerprint density at radius 3 is 2.42 bits per heavy atom. The zero-order valence-corrected chi connectivity index (χ0v) is 14.7. The Labute approximate surface area is 145 Å². The Kier molecular flexibility index (Phi) is 8.36. The second-order valence-electron chi connectivity index (χ2n) is 6.21. The van der Waals surface area contributed by atoms with Crippen LogP contribution in [0.2, 0.25) is 0 Å². The molecule has 0 unspecified atom stereocenters. The third-order valence-electron chi connectivity index (χ3n) is 4.14. The summed E-state index contributed by atoms with van der Waals surface area (Å²) in [5.41, 5.74) is 2.53. The van der Waals surface area contributed by atoms with Crippen LogP contribution in [-0.4, -0.2) is 43.4 Å². The van der Waals surface area contributed by atoms with Gasteiger partial charge in [0.15, 0.2) is 0 Å². The maximum atomic E-state index is 8.80. The van der Waals surface area contributed by atoms with E-state index in [1.807, 2.05) is 12.1 Å². The Bertz CT molecular complexity index is 571. The van der Waals surface area contributed by atoms with Crippen LogP contribution in [0, 0.1) is 0 Å². The van der Waals surface area contributed by atoms with Gasteiger partial charge in [0.1, 0.15) is 12.4 Å². The van der Waals surface area contributed by atoms with Crippen molar-refractivity contribution in [1.29, 1.82) is 0 Å². The lowest BCUT2D eigenvalue weighted by molar-refractivity contribution is 0.229. The third-order valence-corrected chi connectivity index (χ3v) is 4.14. The molecular formula is C21H29NO2. The Morgan fingerprint density at radius 2 is 1.62 bits per heavy atom. The molecule has 0 heterocycles. The molecule has 24 heavy (non-hydrogen) atoms. The van der Waals surface area contributed by atoms with Crippen molar-refractivity contribution < 1.29 is 9.84 Å². The molecular weight excluding hydrogens is 298 g/mol. The molecule has 0 saturated heterocycles. The van der Waals surface area contributed by atoms with E-state index in [4.69, 9.17) is 9.84 Å². The second-order valence-corrected chi connectivity index (χ2v) is 6.21. The number of hydrogen-bond donors (Lipinski definition) is 1. The van der Waals surface area contributed by atoms with Gasteiger partial charge in [0.05, 0.1) is 0 Å². The molecule has 0 spiro atoms. The lowest BCUT2D eigenvalue weighted by atomic mass is 10.0. The van der Waals surface area contributed by atoms with Gasteiger partial charge in [-0.2, -0.15) is 0 Å². The molecule has 3 nitrogen and oxygen atoms in total. The first kappa shape index (κ1) is 18.5. The molecule has 3 heteroatoms. The molecule has 1 N–H and O–H groups in total. The monoisotopic (exact) mass is 327 g/mol. The molecule has 0 aliphatic rings. The summed E-state index contributed by atoms with van der Waals surface area (Å²) in [4.78, 5) is 2.29. The van der Waals surface area contributed by atoms with Gasteiger partial charge in [-0.15, -0.1) is 0 Å². The minimum atomic E-state index is 0.297. The quantitative estimate of drug-likeness (QED) is 0.638. The first-order valence-electron chi connectivity index (χ1n) is 8.83. The van der Waals surface area contributed by atoms with Crippen molar-refractivity contribution in [1.82, 2.24) is 4.90 Å². The van der Waals surface area contributed by atoms with Crippen molar-refractivity contribution in [2.75, 3.05) is 33.4 Å². The van der Waals surface area contributed by atoms with Gasteiger partial charge in [0, 0.05) is 19.6 Å². The highest BCUT2D eigenvalue weighted by Crippen LogP contribution is 2.21. The molecule has 2 aromatic rings. The van der Waals surface area contributed by atoms with E-state index in [0.29, 0.717) is 13.2 Å².